The molecule has 8 nitrogen and oxygen atoms in total. The van der Waals surface area contributed by atoms with Crippen LogP contribution in [0.2, 0.25) is 0 Å². The Labute approximate surface area is 590 Å². The average Bonchev–Trinajstić information content (AvgIpc) is 3.26. The number of carbonyl (C=O) groups is 2. The maximum atomic E-state index is 11.3. The molecule has 25 heteroatoms. The van der Waals surface area contributed by atoms with E-state index in [9.17, 15) is 39.5 Å². The summed E-state index contributed by atoms with van der Waals surface area (Å²) in [5.41, 5.74) is -0.931. The number of ether oxygens (including phenoxy) is 1. The van der Waals surface area contributed by atoms with Crippen molar-refractivity contribution in [3.05, 3.63) is 42.6 Å². The quantitative estimate of drug-likeness (QED) is 0.0624. The Balaban J connectivity index is -0.0000000120. The molecule has 0 heterocycles. The molecule has 0 bridgehead atoms. The molecular formula is C45H94BBr2F9K2LiNa2O8. The minimum Gasteiger partial charge on any atom is -1.00 e. The Morgan fingerprint density at radius 2 is 0.843 bits per heavy atom. The molecule has 3 radical (unpaired) electrons. The number of hydrogen-bond acceptors (Lipinski definition) is 8. The van der Waals surface area contributed by atoms with Crippen LogP contribution in [0.1, 0.15) is 175 Å². The zero-order valence-corrected chi connectivity index (χ0v) is 62.7. The van der Waals surface area contributed by atoms with Crippen LogP contribution in [0, 0.1) is 43.5 Å². The van der Waals surface area contributed by atoms with E-state index in [-0.39, 0.29) is 228 Å². The fourth-order valence-corrected chi connectivity index (χ4v) is 0. The largest absolute Gasteiger partial charge is 1.00 e. The number of aliphatic hydroxyl groups is 2. The van der Waals surface area contributed by atoms with Crippen LogP contribution in [-0.2, 0) is 19.2 Å². The van der Waals surface area contributed by atoms with E-state index in [0.717, 1.165) is 38.5 Å². The molecule has 0 unspecified atom stereocenters. The van der Waals surface area contributed by atoms with Crippen LogP contribution in [0.3, 0.4) is 0 Å². The van der Waals surface area contributed by atoms with E-state index in [1.807, 2.05) is 96.9 Å². The molecule has 0 atom stereocenters. The summed E-state index contributed by atoms with van der Waals surface area (Å²) < 4.78 is 101. The Morgan fingerprint density at radius 3 is 0.843 bits per heavy atom. The summed E-state index contributed by atoms with van der Waals surface area (Å²) in [6, 6.07) is 0. The van der Waals surface area contributed by atoms with E-state index in [0.29, 0.717) is 6.92 Å². The van der Waals surface area contributed by atoms with Gasteiger partial charge in [0.2, 0.25) is 0 Å². The van der Waals surface area contributed by atoms with Gasteiger partial charge in [-0.1, -0.05) is 111 Å². The van der Waals surface area contributed by atoms with E-state index in [4.69, 9.17) is 31.5 Å². The predicted octanol–water partition coefficient (Wildman–Crippen LogP) is 1.02. The smallest absolute Gasteiger partial charge is 1.00 e. The van der Waals surface area contributed by atoms with Gasteiger partial charge in [-0.05, 0) is 76.2 Å². The first-order valence-electron chi connectivity index (χ1n) is 19.3. The summed E-state index contributed by atoms with van der Waals surface area (Å²) in [6.07, 6.45) is 4.38. The molecule has 0 aromatic rings. The maximum absolute atomic E-state index is 11.3. The second-order valence-electron chi connectivity index (χ2n) is 7.32. The van der Waals surface area contributed by atoms with Crippen LogP contribution in [0.25, 0.3) is 0 Å². The van der Waals surface area contributed by atoms with E-state index in [2.05, 4.69) is 69.5 Å². The van der Waals surface area contributed by atoms with Crippen LogP contribution in [0.5, 0.6) is 0 Å². The zero-order chi connectivity index (χ0) is 55.2. The summed E-state index contributed by atoms with van der Waals surface area (Å²) >= 11 is 3.15. The van der Waals surface area contributed by atoms with Gasteiger partial charge in [-0.2, -0.15) is 32.8 Å². The van der Waals surface area contributed by atoms with Crippen LogP contribution in [-0.4, -0.2) is 68.1 Å². The molecule has 0 aliphatic heterocycles. The first kappa shape index (κ1) is 164. The van der Waals surface area contributed by atoms with Gasteiger partial charge >= 0.3 is 199 Å². The molecule has 0 aliphatic carbocycles. The van der Waals surface area contributed by atoms with E-state index >= 15 is 0 Å². The fourth-order valence-electron chi connectivity index (χ4n) is 0. The van der Waals surface area contributed by atoms with Crippen molar-refractivity contribution in [3.63, 3.8) is 0 Å². The molecule has 0 amide bonds. The Hall–Kier alpha value is 3.11. The number of aliphatic hydroxyl groups excluding tert-OH is 1. The van der Waals surface area contributed by atoms with Gasteiger partial charge in [0.1, 0.15) is 23.5 Å². The molecule has 70 heavy (non-hydrogen) atoms. The van der Waals surface area contributed by atoms with Gasteiger partial charge in [-0.25, -0.2) is 13.2 Å². The summed E-state index contributed by atoms with van der Waals surface area (Å²) in [6.45, 7) is 45.0. The number of halogens is 11. The summed E-state index contributed by atoms with van der Waals surface area (Å²) in [7, 11) is 1.68. The van der Waals surface area contributed by atoms with Crippen LogP contribution < -0.4 is 186 Å². The number of terminal acetylenes is 2. The Morgan fingerprint density at radius 1 is 0.729 bits per heavy atom. The van der Waals surface area contributed by atoms with Gasteiger partial charge in [-0.3, -0.25) is 4.79 Å². The van der Waals surface area contributed by atoms with Gasteiger partial charge in [0.05, 0.1) is 0 Å². The molecule has 407 valence electrons. The second-order valence-corrected chi connectivity index (χ2v) is 8.44. The molecule has 0 aromatic carbocycles. The van der Waals surface area contributed by atoms with Gasteiger partial charge < -0.3 is 45.1 Å². The first-order chi connectivity index (χ1) is 28.8. The molecule has 0 rings (SSSR count). The normalized spacial score (nSPS) is 6.06. The second kappa shape index (κ2) is 227. The van der Waals surface area contributed by atoms with Crippen molar-refractivity contribution in [2.45, 2.75) is 178 Å². The van der Waals surface area contributed by atoms with Crippen LogP contribution in [0.15, 0.2) is 35.7 Å². The van der Waals surface area contributed by atoms with Crippen LogP contribution >= 0.6 is 32.9 Å². The van der Waals surface area contributed by atoms with E-state index in [1.54, 1.807) is 34.8 Å². The van der Waals surface area contributed by atoms with Crippen molar-refractivity contribution < 1.29 is 263 Å². The maximum Gasteiger partial charge on any atom is 1.00 e. The number of rotatable bonds is 3. The standard InChI is InChI=1S/C5H8O.C4H6F2.C4H9.C4H6.C3H3F3.C3H8O.C3H4.C2H5Br.C2F4.C2H6O.C2H4O.5C2H6.CH2O3.B.BrH.2K.Li.2Na.H2O.2H/c1-4-5(2,3)6;1-3(5)4(2)6;2*1-3-4-2;1-2(4)3(5)6;1-3-4-2;1-3-2;1-2-3;3-1(4)2(5)6;2*1-2-3;5*1-2;2-1-4-3;;;;;;;;;;/h1,6H,2-3H3;1-2H3;1,3-4H2,2H3;1-2H3;1H3;3H2,1-2H3;1H,2H3;2H2,1H3;;3H,2H2,1H3;2H,1H3;5*1-2H3;1,3H;;1H;;;;;;1H2;;/q;;-1;;;;;;;;;;;;;;;;;5*+1;;2*-1/p-2/b;4-3+;;;;;;;;;;;;;;;;;;;;;;;;;. The number of methoxy groups -OCH3 is 1. The number of allylic oxidation sites excluding steroid dienone is 3. The molecule has 0 aliphatic rings. The van der Waals surface area contributed by atoms with Crippen molar-refractivity contribution in [2.75, 3.05) is 25.7 Å². The van der Waals surface area contributed by atoms with Crippen molar-refractivity contribution in [1.82, 2.24) is 0 Å². The number of alkyl halides is 1. The third kappa shape index (κ3) is 715. The zero-order valence-electron chi connectivity index (χ0n) is 51.2. The molecule has 0 aromatic heterocycles. The third-order valence-electron chi connectivity index (χ3n) is 2.16. The van der Waals surface area contributed by atoms with Crippen molar-refractivity contribution in [3.8, 4) is 36.5 Å². The van der Waals surface area contributed by atoms with Gasteiger partial charge in [0, 0.05) is 34.1 Å². The molecule has 3 N–H and O–H groups in total. The van der Waals surface area contributed by atoms with Gasteiger partial charge in [-0.15, -0.1) is 47.6 Å². The molecular weight excluding hydrogens is 1140 g/mol. The molecule has 0 spiro atoms. The SMILES string of the molecule is Br.C#CC.C#CC(C)(C)O.C/C(F)=C(/C)F.CC.CC.CC.CC.CC.CC#CC.CC(F)=C(F)F.CC=O.CCBr.CCO.CCOC.FC(F)=C(F)F.O=CO[O-].[B].[CH2-]CCC.[H-].[H-].[K+].[K+].[Li+].[Na+].[Na+].[OH-]. The first-order valence-corrected chi connectivity index (χ1v) is 20.4. The molecule has 0 fully saturated rings. The van der Waals surface area contributed by atoms with E-state index < -0.39 is 41.3 Å². The number of aldehydes is 1. The predicted molar refractivity (Wildman–Crippen MR) is 273 cm³/mol. The number of hydrogen-bond donors (Lipinski definition) is 2. The minimum atomic E-state index is -2.91. The summed E-state index contributed by atoms with van der Waals surface area (Å²) in [4.78, 5) is 20.1. The Bertz CT molecular complexity index is 847. The average molecular weight is 1240 g/mol. The molecule has 0 saturated heterocycles. The summed E-state index contributed by atoms with van der Waals surface area (Å²) in [5.74, 6) is 6.88. The van der Waals surface area contributed by atoms with Crippen molar-refractivity contribution in [1.29, 1.82) is 0 Å². The summed E-state index contributed by atoms with van der Waals surface area (Å²) in [5, 5.41) is 25.7. The van der Waals surface area contributed by atoms with Gasteiger partial charge in [0.25, 0.3) is 6.47 Å². The topological polar surface area (TPSA) is 146 Å². The van der Waals surface area contributed by atoms with E-state index in [1.165, 1.54) is 13.3 Å². The number of unbranched alkanes of at least 4 members (excludes halogenated alkanes) is 1. The molecule has 0 saturated carbocycles. The van der Waals surface area contributed by atoms with Crippen LogP contribution in [0.4, 0.5) is 39.5 Å². The third-order valence-corrected chi connectivity index (χ3v) is 2.16. The van der Waals surface area contributed by atoms with Gasteiger partial charge in [0.15, 0.2) is 5.83 Å². The van der Waals surface area contributed by atoms with Crippen molar-refractivity contribution in [2.24, 2.45) is 0 Å². The number of carbonyl (C=O) groups excluding carboxylic acids is 2. The Kier molecular flexibility index (Phi) is 532. The minimum absolute atomic E-state index is 0. The van der Waals surface area contributed by atoms with Crippen molar-refractivity contribution >= 4 is 54.1 Å². The fraction of sp³-hybridized carbons (Fsp3) is 0.667. The monoisotopic (exact) mass is 1230 g/mol.